The molecule has 2 aromatic rings. The molecule has 0 aromatic heterocycles. The minimum atomic E-state index is -0.886. The molecule has 2 saturated carbocycles. The average Bonchev–Trinajstić information content (AvgIpc) is 3.03. The first-order chi connectivity index (χ1) is 15.3. The number of hydrogen-bond donors (Lipinski definition) is 2. The van der Waals surface area contributed by atoms with E-state index < -0.39 is 11.9 Å². The molecule has 2 fully saturated rings. The molecule has 32 heavy (non-hydrogen) atoms. The van der Waals surface area contributed by atoms with E-state index in [4.69, 9.17) is 5.73 Å². The highest BCUT2D eigenvalue weighted by Crippen LogP contribution is 2.60. The van der Waals surface area contributed by atoms with Gasteiger partial charge in [0.05, 0.1) is 5.56 Å². The van der Waals surface area contributed by atoms with Gasteiger partial charge < -0.3 is 10.8 Å². The maximum atomic E-state index is 13.5. The highest BCUT2D eigenvalue weighted by molar-refractivity contribution is 6.06. The Morgan fingerprint density at radius 1 is 1.12 bits per heavy atom. The molecule has 5 nitrogen and oxygen atoms in total. The number of benzene rings is 2. The Balaban J connectivity index is 1.46. The first-order valence-electron chi connectivity index (χ1n) is 11.3. The second-order valence-electron chi connectivity index (χ2n) is 9.78. The molecule has 0 bridgehead atoms. The number of ketones is 1. The number of carboxylic acid groups (broad SMARTS) is 1. The molecular weight excluding hydrogens is 402 g/mol. The van der Waals surface area contributed by atoms with Gasteiger partial charge in [-0.25, -0.2) is 4.79 Å². The molecule has 3 N–H and O–H groups in total. The zero-order valence-corrected chi connectivity index (χ0v) is 18.1. The van der Waals surface area contributed by atoms with Crippen molar-refractivity contribution < 1.29 is 19.5 Å². The van der Waals surface area contributed by atoms with Crippen LogP contribution in [-0.4, -0.2) is 22.8 Å². The van der Waals surface area contributed by atoms with Gasteiger partial charge in [0.2, 0.25) is 5.91 Å². The lowest BCUT2D eigenvalue weighted by Crippen LogP contribution is -2.42. The number of primary amides is 1. The molecule has 3 aliphatic rings. The Hall–Kier alpha value is -3.21. The first kappa shape index (κ1) is 20.7. The number of hydrogen-bond acceptors (Lipinski definition) is 3. The molecule has 0 unspecified atom stereocenters. The second-order valence-corrected chi connectivity index (χ2v) is 9.78. The van der Waals surface area contributed by atoms with Crippen LogP contribution in [0.25, 0.3) is 6.08 Å². The lowest BCUT2D eigenvalue weighted by Gasteiger charge is -2.48. The topological polar surface area (TPSA) is 97.5 Å². The maximum Gasteiger partial charge on any atom is 0.335 e. The zero-order valence-electron chi connectivity index (χ0n) is 18.1. The van der Waals surface area contributed by atoms with Gasteiger partial charge in [-0.2, -0.15) is 0 Å². The quantitative estimate of drug-likeness (QED) is 0.697. The fourth-order valence-electron chi connectivity index (χ4n) is 6.50. The number of aromatic carboxylic acids is 1. The number of Topliss-reactive ketones (excluding diaryl/α,β-unsaturated/α-hetero) is 1. The van der Waals surface area contributed by atoms with Crippen LogP contribution in [-0.2, 0) is 11.2 Å². The highest BCUT2D eigenvalue weighted by atomic mass is 16.4. The SMILES string of the molecule is C[C@]12CC[C@@H]3c4ccc(C(=O)O)cc4CC[C@H]3[C@@H]1C/C(=C\c1cccc(C(N)=O)c1)C2=O. The number of carbonyl (C=O) groups is 3. The Bertz CT molecular complexity index is 1180. The van der Waals surface area contributed by atoms with Crippen LogP contribution in [0.15, 0.2) is 48.0 Å². The summed E-state index contributed by atoms with van der Waals surface area (Å²) >= 11 is 0. The van der Waals surface area contributed by atoms with Gasteiger partial charge in [0.25, 0.3) is 0 Å². The van der Waals surface area contributed by atoms with Gasteiger partial charge >= 0.3 is 5.97 Å². The predicted octanol–water partition coefficient (Wildman–Crippen LogP) is 4.60. The molecule has 0 radical (unpaired) electrons. The minimum Gasteiger partial charge on any atom is -0.478 e. The first-order valence-corrected chi connectivity index (χ1v) is 11.3. The van der Waals surface area contributed by atoms with Crippen molar-refractivity contribution in [1.29, 1.82) is 0 Å². The maximum absolute atomic E-state index is 13.5. The fraction of sp³-hybridized carbons (Fsp3) is 0.370. The van der Waals surface area contributed by atoms with E-state index >= 15 is 0 Å². The third kappa shape index (κ3) is 3.19. The summed E-state index contributed by atoms with van der Waals surface area (Å²) in [5.41, 5.74) is 9.94. The van der Waals surface area contributed by atoms with Gasteiger partial charge in [0.1, 0.15) is 0 Å². The summed E-state index contributed by atoms with van der Waals surface area (Å²) in [6.07, 6.45) is 6.32. The summed E-state index contributed by atoms with van der Waals surface area (Å²) in [7, 11) is 0. The number of carbonyl (C=O) groups excluding carboxylic acids is 2. The number of aryl methyl sites for hydroxylation is 1. The van der Waals surface area contributed by atoms with Gasteiger partial charge in [0.15, 0.2) is 5.78 Å². The second kappa shape index (κ2) is 7.44. The third-order valence-corrected chi connectivity index (χ3v) is 8.13. The standard InChI is InChI=1S/C27H27NO4/c1-27-10-9-21-20-7-6-18(26(31)32)13-16(20)5-8-22(21)23(27)14-19(24(27)29)12-15-3-2-4-17(11-15)25(28)30/h2-4,6-7,11-13,21-23H,5,8-10,14H2,1H3,(H2,28,30)(H,31,32)/b19-12+/t21-,22-,23+,27+/m1/s1. The molecule has 0 aliphatic heterocycles. The Morgan fingerprint density at radius 3 is 2.69 bits per heavy atom. The monoisotopic (exact) mass is 429 g/mol. The van der Waals surface area contributed by atoms with Crippen molar-refractivity contribution in [2.24, 2.45) is 23.0 Å². The van der Waals surface area contributed by atoms with Crippen LogP contribution in [0.3, 0.4) is 0 Å². The van der Waals surface area contributed by atoms with Crippen LogP contribution in [0.1, 0.15) is 75.9 Å². The molecule has 5 heteroatoms. The van der Waals surface area contributed by atoms with Crippen molar-refractivity contribution in [2.45, 2.75) is 44.9 Å². The minimum absolute atomic E-state index is 0.234. The number of amides is 1. The molecule has 3 aliphatic carbocycles. The molecule has 4 atom stereocenters. The number of nitrogens with two attached hydrogens (primary N) is 1. The van der Waals surface area contributed by atoms with Gasteiger partial charge in [-0.05, 0) is 102 Å². The molecule has 2 aromatic carbocycles. The van der Waals surface area contributed by atoms with Crippen LogP contribution < -0.4 is 5.73 Å². The van der Waals surface area contributed by atoms with Gasteiger partial charge in [0, 0.05) is 11.0 Å². The van der Waals surface area contributed by atoms with Gasteiger partial charge in [-0.1, -0.05) is 25.1 Å². The average molecular weight is 430 g/mol. The fourth-order valence-corrected chi connectivity index (χ4v) is 6.50. The normalized spacial score (nSPS) is 29.8. The Morgan fingerprint density at radius 2 is 1.94 bits per heavy atom. The van der Waals surface area contributed by atoms with E-state index in [0.29, 0.717) is 23.0 Å². The number of allylic oxidation sites excluding steroid dienone is 1. The summed E-state index contributed by atoms with van der Waals surface area (Å²) in [4.78, 5) is 36.4. The van der Waals surface area contributed by atoms with Crippen LogP contribution in [0.2, 0.25) is 0 Å². The van der Waals surface area contributed by atoms with Crippen molar-refractivity contribution in [3.05, 3.63) is 75.9 Å². The molecule has 5 rings (SSSR count). The third-order valence-electron chi connectivity index (χ3n) is 8.13. The smallest absolute Gasteiger partial charge is 0.335 e. The molecule has 0 spiro atoms. The van der Waals surface area contributed by atoms with E-state index in [1.807, 2.05) is 24.3 Å². The van der Waals surface area contributed by atoms with Crippen molar-refractivity contribution in [2.75, 3.05) is 0 Å². The molecule has 1 amide bonds. The molecule has 0 saturated heterocycles. The summed E-state index contributed by atoms with van der Waals surface area (Å²) in [6.45, 7) is 2.12. The van der Waals surface area contributed by atoms with Crippen LogP contribution in [0.4, 0.5) is 0 Å². The molecule has 164 valence electrons. The summed E-state index contributed by atoms with van der Waals surface area (Å²) in [5, 5.41) is 9.33. The summed E-state index contributed by atoms with van der Waals surface area (Å²) < 4.78 is 0. The van der Waals surface area contributed by atoms with Crippen LogP contribution >= 0.6 is 0 Å². The number of fused-ring (bicyclic) bond motifs is 5. The molecular formula is C27H27NO4. The lowest BCUT2D eigenvalue weighted by molar-refractivity contribution is -0.127. The number of carboxylic acids is 1. The largest absolute Gasteiger partial charge is 0.478 e. The van der Waals surface area contributed by atoms with Crippen LogP contribution in [0, 0.1) is 17.3 Å². The number of rotatable bonds is 3. The zero-order chi connectivity index (χ0) is 22.6. The predicted molar refractivity (Wildman–Crippen MR) is 121 cm³/mol. The van der Waals surface area contributed by atoms with Crippen LogP contribution in [0.5, 0.6) is 0 Å². The van der Waals surface area contributed by atoms with Gasteiger partial charge in [-0.3, -0.25) is 9.59 Å². The van der Waals surface area contributed by atoms with Crippen molar-refractivity contribution in [3.63, 3.8) is 0 Å². The summed E-state index contributed by atoms with van der Waals surface area (Å²) in [6, 6.07) is 12.7. The Labute approximate surface area is 187 Å². The van der Waals surface area contributed by atoms with E-state index in [2.05, 4.69) is 6.92 Å². The summed E-state index contributed by atoms with van der Waals surface area (Å²) in [5.74, 6) is -0.0427. The van der Waals surface area contributed by atoms with E-state index in [9.17, 15) is 19.5 Å². The van der Waals surface area contributed by atoms with Crippen molar-refractivity contribution in [3.8, 4) is 0 Å². The van der Waals surface area contributed by atoms with Crippen molar-refractivity contribution in [1.82, 2.24) is 0 Å². The lowest BCUT2D eigenvalue weighted by atomic mass is 9.55. The van der Waals surface area contributed by atoms with E-state index in [-0.39, 0.29) is 17.1 Å². The van der Waals surface area contributed by atoms with E-state index in [1.165, 1.54) is 5.56 Å². The van der Waals surface area contributed by atoms with Gasteiger partial charge in [-0.15, -0.1) is 0 Å². The highest BCUT2D eigenvalue weighted by Gasteiger charge is 2.56. The Kier molecular flexibility index (Phi) is 4.81. The van der Waals surface area contributed by atoms with E-state index in [0.717, 1.165) is 48.8 Å². The molecule has 0 heterocycles. The van der Waals surface area contributed by atoms with Crippen molar-refractivity contribution >= 4 is 23.7 Å². The van der Waals surface area contributed by atoms with E-state index in [1.54, 1.807) is 24.3 Å².